The number of rotatable bonds is 10. The number of carbonyl (C=O) groups is 1. The number of likely N-dealkylation sites (N-methyl/N-ethyl adjacent to an activating group) is 1. The molecule has 0 aliphatic carbocycles. The van der Waals surface area contributed by atoms with E-state index in [4.69, 9.17) is 11.6 Å². The van der Waals surface area contributed by atoms with Crippen LogP contribution in [0.2, 0.25) is 5.02 Å². The van der Waals surface area contributed by atoms with E-state index in [-0.39, 0.29) is 12.5 Å². The van der Waals surface area contributed by atoms with Gasteiger partial charge in [0, 0.05) is 25.8 Å². The first-order valence-corrected chi connectivity index (χ1v) is 9.88. The number of nitrogens with zero attached hydrogens (tertiary/aromatic N) is 5. The van der Waals surface area contributed by atoms with Gasteiger partial charge in [-0.2, -0.15) is 10.1 Å². The first kappa shape index (κ1) is 21.5. The number of amides is 1. The molecule has 0 radical (unpaired) electrons. The van der Waals surface area contributed by atoms with Crippen molar-refractivity contribution in [2.45, 2.75) is 13.1 Å². The van der Waals surface area contributed by atoms with Gasteiger partial charge in [-0.25, -0.2) is 4.98 Å². The molecule has 0 saturated carbocycles. The van der Waals surface area contributed by atoms with Crippen LogP contribution in [-0.4, -0.2) is 57.7 Å². The van der Waals surface area contributed by atoms with E-state index in [9.17, 15) is 4.79 Å². The highest BCUT2D eigenvalue weighted by atomic mass is 35.5. The summed E-state index contributed by atoms with van der Waals surface area (Å²) in [4.78, 5) is 22.6. The van der Waals surface area contributed by atoms with Crippen molar-refractivity contribution in [3.8, 4) is 0 Å². The van der Waals surface area contributed by atoms with Gasteiger partial charge >= 0.3 is 0 Å². The lowest BCUT2D eigenvalue weighted by Gasteiger charge is -2.10. The molecule has 1 aromatic carbocycles. The summed E-state index contributed by atoms with van der Waals surface area (Å²) in [5, 5.41) is 13.8. The molecular formula is C20H25ClN8O. The molecule has 158 valence electrons. The van der Waals surface area contributed by atoms with Gasteiger partial charge in [0.2, 0.25) is 11.9 Å². The summed E-state index contributed by atoms with van der Waals surface area (Å²) in [6.45, 7) is 2.11. The van der Waals surface area contributed by atoms with Crippen LogP contribution in [0, 0.1) is 0 Å². The molecule has 0 aliphatic rings. The SMILES string of the molecule is CN(C)CCNC(=O)Cn1cc(Nc2ncc(Cl)c(NCc3ccccc3)n2)cn1. The Balaban J connectivity index is 1.55. The van der Waals surface area contributed by atoms with Crippen molar-refractivity contribution in [2.75, 3.05) is 37.8 Å². The zero-order chi connectivity index (χ0) is 21.3. The lowest BCUT2D eigenvalue weighted by molar-refractivity contribution is -0.121. The van der Waals surface area contributed by atoms with E-state index >= 15 is 0 Å². The Labute approximate surface area is 180 Å². The van der Waals surface area contributed by atoms with Gasteiger partial charge in [0.1, 0.15) is 11.6 Å². The summed E-state index contributed by atoms with van der Waals surface area (Å²) in [7, 11) is 3.91. The highest BCUT2D eigenvalue weighted by Crippen LogP contribution is 2.21. The molecule has 0 fully saturated rings. The fraction of sp³-hybridized carbons (Fsp3) is 0.300. The van der Waals surface area contributed by atoms with E-state index in [0.717, 1.165) is 12.1 Å². The van der Waals surface area contributed by atoms with Crippen LogP contribution in [0.25, 0.3) is 0 Å². The molecule has 0 unspecified atom stereocenters. The third-order valence-corrected chi connectivity index (χ3v) is 4.40. The van der Waals surface area contributed by atoms with Gasteiger partial charge in [0.25, 0.3) is 0 Å². The Kier molecular flexibility index (Phi) is 7.58. The Morgan fingerprint density at radius 1 is 1.20 bits per heavy atom. The maximum Gasteiger partial charge on any atom is 0.241 e. The van der Waals surface area contributed by atoms with Crippen molar-refractivity contribution in [3.63, 3.8) is 0 Å². The predicted molar refractivity (Wildman–Crippen MR) is 118 cm³/mol. The lowest BCUT2D eigenvalue weighted by atomic mass is 10.2. The van der Waals surface area contributed by atoms with Gasteiger partial charge in [0.15, 0.2) is 5.82 Å². The summed E-state index contributed by atoms with van der Waals surface area (Å²) in [5.74, 6) is 0.817. The van der Waals surface area contributed by atoms with Crippen LogP contribution in [0.3, 0.4) is 0 Å². The van der Waals surface area contributed by atoms with Crippen molar-refractivity contribution in [1.29, 1.82) is 0 Å². The van der Waals surface area contributed by atoms with Gasteiger partial charge in [-0.05, 0) is 19.7 Å². The minimum absolute atomic E-state index is 0.0957. The molecule has 0 atom stereocenters. The van der Waals surface area contributed by atoms with Crippen molar-refractivity contribution in [2.24, 2.45) is 0 Å². The van der Waals surface area contributed by atoms with E-state index in [1.165, 1.54) is 6.20 Å². The maximum absolute atomic E-state index is 12.0. The normalized spacial score (nSPS) is 10.8. The Morgan fingerprint density at radius 2 is 2.00 bits per heavy atom. The Morgan fingerprint density at radius 3 is 2.77 bits per heavy atom. The molecule has 30 heavy (non-hydrogen) atoms. The number of halogens is 1. The monoisotopic (exact) mass is 428 g/mol. The first-order valence-electron chi connectivity index (χ1n) is 9.51. The predicted octanol–water partition coefficient (Wildman–Crippen LogP) is 2.36. The molecule has 3 rings (SSSR count). The standard InChI is InChI=1S/C20H25ClN8O/c1-28(2)9-8-22-18(30)14-29-13-16(11-25-29)26-20-24-12-17(21)19(27-20)23-10-15-6-4-3-5-7-15/h3-7,11-13H,8-10,14H2,1-2H3,(H,22,30)(H2,23,24,26,27). The number of hydrogen-bond acceptors (Lipinski definition) is 7. The fourth-order valence-electron chi connectivity index (χ4n) is 2.60. The smallest absolute Gasteiger partial charge is 0.241 e. The van der Waals surface area contributed by atoms with Crippen LogP contribution in [0.4, 0.5) is 17.5 Å². The molecule has 2 aromatic heterocycles. The zero-order valence-corrected chi connectivity index (χ0v) is 17.7. The molecule has 9 nitrogen and oxygen atoms in total. The highest BCUT2D eigenvalue weighted by Gasteiger charge is 2.08. The van der Waals surface area contributed by atoms with E-state index in [1.54, 1.807) is 17.1 Å². The van der Waals surface area contributed by atoms with Crippen LogP contribution in [0.1, 0.15) is 5.56 Å². The van der Waals surface area contributed by atoms with E-state index in [0.29, 0.717) is 35.6 Å². The molecule has 0 saturated heterocycles. The quantitative estimate of drug-likeness (QED) is 0.455. The third-order valence-electron chi connectivity index (χ3n) is 4.12. The van der Waals surface area contributed by atoms with Crippen LogP contribution < -0.4 is 16.0 Å². The van der Waals surface area contributed by atoms with Crippen LogP contribution in [0.5, 0.6) is 0 Å². The Hall–Kier alpha value is -3.17. The third kappa shape index (κ3) is 6.71. The summed E-state index contributed by atoms with van der Waals surface area (Å²) in [5.41, 5.74) is 1.79. The number of aromatic nitrogens is 4. The zero-order valence-electron chi connectivity index (χ0n) is 17.0. The molecule has 3 N–H and O–H groups in total. The van der Waals surface area contributed by atoms with Gasteiger partial charge in [-0.3, -0.25) is 9.48 Å². The molecule has 2 heterocycles. The molecule has 10 heteroatoms. The second kappa shape index (κ2) is 10.6. The number of hydrogen-bond donors (Lipinski definition) is 3. The minimum atomic E-state index is -0.0957. The molecule has 0 aliphatic heterocycles. The van der Waals surface area contributed by atoms with Gasteiger partial charge < -0.3 is 20.9 Å². The number of nitrogens with one attached hydrogen (secondary N) is 3. The fourth-order valence-corrected chi connectivity index (χ4v) is 2.76. The Bertz CT molecular complexity index is 960. The summed E-state index contributed by atoms with van der Waals surface area (Å²) < 4.78 is 1.55. The van der Waals surface area contributed by atoms with Crippen molar-refractivity contribution < 1.29 is 4.79 Å². The van der Waals surface area contributed by atoms with Crippen molar-refractivity contribution in [1.82, 2.24) is 30.0 Å². The van der Waals surface area contributed by atoms with E-state index in [1.807, 2.05) is 49.3 Å². The summed E-state index contributed by atoms with van der Waals surface area (Å²) in [6, 6.07) is 9.97. The van der Waals surface area contributed by atoms with Crippen LogP contribution in [0.15, 0.2) is 48.9 Å². The van der Waals surface area contributed by atoms with Crippen LogP contribution in [-0.2, 0) is 17.9 Å². The minimum Gasteiger partial charge on any atom is -0.365 e. The topological polar surface area (TPSA) is 100 Å². The van der Waals surface area contributed by atoms with Gasteiger partial charge in [-0.1, -0.05) is 41.9 Å². The van der Waals surface area contributed by atoms with E-state index < -0.39 is 0 Å². The maximum atomic E-state index is 12.0. The molecule has 3 aromatic rings. The summed E-state index contributed by atoms with van der Waals surface area (Å²) >= 11 is 6.21. The number of carbonyl (C=O) groups excluding carboxylic acids is 1. The molecule has 0 bridgehead atoms. The second-order valence-corrected chi connectivity index (χ2v) is 7.34. The number of benzene rings is 1. The van der Waals surface area contributed by atoms with Crippen molar-refractivity contribution >= 4 is 35.0 Å². The summed E-state index contributed by atoms with van der Waals surface area (Å²) in [6.07, 6.45) is 4.87. The van der Waals surface area contributed by atoms with Gasteiger partial charge in [-0.15, -0.1) is 0 Å². The molecule has 0 spiro atoms. The first-order chi connectivity index (χ1) is 14.5. The second-order valence-electron chi connectivity index (χ2n) is 6.93. The number of anilines is 3. The average molecular weight is 429 g/mol. The van der Waals surface area contributed by atoms with Crippen molar-refractivity contribution in [3.05, 3.63) is 59.5 Å². The highest BCUT2D eigenvalue weighted by molar-refractivity contribution is 6.32. The largest absolute Gasteiger partial charge is 0.365 e. The van der Waals surface area contributed by atoms with Crippen LogP contribution >= 0.6 is 11.6 Å². The van der Waals surface area contributed by atoms with Gasteiger partial charge in [0.05, 0.1) is 18.1 Å². The lowest BCUT2D eigenvalue weighted by Crippen LogP contribution is -2.33. The van der Waals surface area contributed by atoms with E-state index in [2.05, 4.69) is 31.0 Å². The molecule has 1 amide bonds. The average Bonchev–Trinajstić information content (AvgIpc) is 3.15. The molecular weight excluding hydrogens is 404 g/mol.